The van der Waals surface area contributed by atoms with Gasteiger partial charge in [-0.15, -0.1) is 0 Å². The van der Waals surface area contributed by atoms with E-state index in [1.807, 2.05) is 23.1 Å². The molecule has 8 nitrogen and oxygen atoms in total. The fourth-order valence-electron chi connectivity index (χ4n) is 4.43. The molecule has 2 aliphatic rings. The van der Waals surface area contributed by atoms with Crippen molar-refractivity contribution in [3.8, 4) is 11.5 Å². The molecule has 0 radical (unpaired) electrons. The Morgan fingerprint density at radius 1 is 0.846 bits per heavy atom. The zero-order valence-electron chi connectivity index (χ0n) is 20.9. The Morgan fingerprint density at radius 3 is 2.23 bits per heavy atom. The highest BCUT2D eigenvalue weighted by atomic mass is 19.1. The van der Waals surface area contributed by atoms with E-state index < -0.39 is 35.7 Å². The van der Waals surface area contributed by atoms with Crippen LogP contribution in [0.25, 0.3) is 0 Å². The molecule has 5 rings (SSSR count). The molecule has 1 saturated heterocycles. The normalized spacial score (nSPS) is 14.8. The molecule has 0 unspecified atom stereocenters. The Hall–Kier alpha value is -4.25. The number of hydrogen-bond donors (Lipinski definition) is 1. The first-order valence-electron chi connectivity index (χ1n) is 12.4. The van der Waals surface area contributed by atoms with Gasteiger partial charge in [-0.3, -0.25) is 9.69 Å². The van der Waals surface area contributed by atoms with E-state index >= 15 is 0 Å². The summed E-state index contributed by atoms with van der Waals surface area (Å²) in [6.07, 6.45) is -0.892. The fourth-order valence-corrected chi connectivity index (χ4v) is 4.43. The van der Waals surface area contributed by atoms with Crippen LogP contribution >= 0.6 is 0 Å². The number of nitrogens with one attached hydrogen (secondary N) is 1. The van der Waals surface area contributed by atoms with Crippen molar-refractivity contribution in [1.82, 2.24) is 15.1 Å². The molecule has 2 amide bonds. The number of rotatable bonds is 7. The molecule has 0 spiro atoms. The largest absolute Gasteiger partial charge is 0.454 e. The van der Waals surface area contributed by atoms with Crippen LogP contribution in [0.15, 0.2) is 54.6 Å². The maximum absolute atomic E-state index is 13.7. The smallest absolute Gasteiger partial charge is 0.407 e. The molecule has 204 valence electrons. The van der Waals surface area contributed by atoms with Crippen molar-refractivity contribution in [3.05, 3.63) is 94.3 Å². The van der Waals surface area contributed by atoms with Crippen molar-refractivity contribution in [3.63, 3.8) is 0 Å². The van der Waals surface area contributed by atoms with Gasteiger partial charge in [0.15, 0.2) is 11.5 Å². The summed E-state index contributed by atoms with van der Waals surface area (Å²) in [5.41, 5.74) is 1.83. The van der Waals surface area contributed by atoms with Crippen LogP contribution in [-0.4, -0.2) is 54.8 Å². The summed E-state index contributed by atoms with van der Waals surface area (Å²) >= 11 is 0. The van der Waals surface area contributed by atoms with Crippen molar-refractivity contribution in [2.75, 3.05) is 33.0 Å². The number of halogens is 3. The van der Waals surface area contributed by atoms with Crippen LogP contribution in [0.4, 0.5) is 18.0 Å². The third-order valence-corrected chi connectivity index (χ3v) is 6.59. The van der Waals surface area contributed by atoms with E-state index in [0.29, 0.717) is 36.3 Å². The van der Waals surface area contributed by atoms with Crippen molar-refractivity contribution >= 4 is 12.0 Å². The minimum Gasteiger partial charge on any atom is -0.454 e. The summed E-state index contributed by atoms with van der Waals surface area (Å²) in [4.78, 5) is 29.0. The second-order valence-electron chi connectivity index (χ2n) is 9.23. The standard InChI is InChI=1S/C28H26F3N3O5/c29-21-12-23(30)22(24(31)13-21)16-37-28(36)32-14-18-1-4-20(5-2-18)27(35)34-9-7-33(8-10-34)15-19-3-6-25-26(11-19)39-17-38-25/h1-6,11-13H,7-10,14-17H2,(H,32,36). The van der Waals surface area contributed by atoms with Gasteiger partial charge in [-0.05, 0) is 35.4 Å². The van der Waals surface area contributed by atoms with Gasteiger partial charge in [0.05, 0.1) is 5.56 Å². The molecule has 1 fully saturated rings. The van der Waals surface area contributed by atoms with E-state index in [-0.39, 0.29) is 19.2 Å². The van der Waals surface area contributed by atoms with Gasteiger partial charge in [0.25, 0.3) is 5.91 Å². The molecule has 0 aliphatic carbocycles. The van der Waals surface area contributed by atoms with Crippen molar-refractivity contribution in [2.45, 2.75) is 19.7 Å². The summed E-state index contributed by atoms with van der Waals surface area (Å²) in [5, 5.41) is 2.47. The van der Waals surface area contributed by atoms with Crippen LogP contribution in [0.5, 0.6) is 11.5 Å². The quantitative estimate of drug-likeness (QED) is 0.483. The number of piperazine rings is 1. The Balaban J connectivity index is 1.06. The number of hydrogen-bond acceptors (Lipinski definition) is 6. The SMILES string of the molecule is O=C(NCc1ccc(C(=O)N2CCN(Cc3ccc4c(c3)OCO4)CC2)cc1)OCc1c(F)cc(F)cc1F. The van der Waals surface area contributed by atoms with Crippen molar-refractivity contribution < 1.29 is 37.0 Å². The first-order valence-corrected chi connectivity index (χ1v) is 12.4. The number of carbonyl (C=O) groups excluding carboxylic acids is 2. The van der Waals surface area contributed by atoms with Crippen molar-refractivity contribution in [1.29, 1.82) is 0 Å². The average Bonchev–Trinajstić information content (AvgIpc) is 3.40. The molecule has 1 N–H and O–H groups in total. The van der Waals surface area contributed by atoms with Gasteiger partial charge in [0, 0.05) is 57.0 Å². The number of fused-ring (bicyclic) bond motifs is 1. The number of nitrogens with zero attached hydrogens (tertiary/aromatic N) is 2. The molecule has 3 aromatic carbocycles. The van der Waals surface area contributed by atoms with E-state index in [1.54, 1.807) is 24.3 Å². The summed E-state index contributed by atoms with van der Waals surface area (Å²) < 4.78 is 55.9. The molecular formula is C28H26F3N3O5. The highest BCUT2D eigenvalue weighted by Gasteiger charge is 2.23. The van der Waals surface area contributed by atoms with Gasteiger partial charge in [-0.25, -0.2) is 18.0 Å². The highest BCUT2D eigenvalue weighted by Crippen LogP contribution is 2.33. The van der Waals surface area contributed by atoms with Crippen LogP contribution in [0.3, 0.4) is 0 Å². The number of ether oxygens (including phenoxy) is 3. The number of alkyl carbamates (subject to hydrolysis) is 1. The van der Waals surface area contributed by atoms with Gasteiger partial charge in [0.2, 0.25) is 6.79 Å². The molecule has 11 heteroatoms. The number of carbonyl (C=O) groups is 2. The van der Waals surface area contributed by atoms with Crippen molar-refractivity contribution in [2.24, 2.45) is 0 Å². The Morgan fingerprint density at radius 2 is 1.51 bits per heavy atom. The summed E-state index contributed by atoms with van der Waals surface area (Å²) in [6.45, 7) is 3.11. The zero-order valence-corrected chi connectivity index (χ0v) is 20.9. The van der Waals surface area contributed by atoms with E-state index in [9.17, 15) is 22.8 Å². The van der Waals surface area contributed by atoms with Crippen LogP contribution in [0, 0.1) is 17.5 Å². The Bertz CT molecular complexity index is 1340. The van der Waals surface area contributed by atoms with Crippen LogP contribution in [-0.2, 0) is 24.4 Å². The van der Waals surface area contributed by atoms with E-state index in [4.69, 9.17) is 14.2 Å². The lowest BCUT2D eigenvalue weighted by Gasteiger charge is -2.34. The maximum Gasteiger partial charge on any atom is 0.407 e. The molecule has 2 aliphatic heterocycles. The highest BCUT2D eigenvalue weighted by molar-refractivity contribution is 5.94. The lowest BCUT2D eigenvalue weighted by Crippen LogP contribution is -2.48. The lowest BCUT2D eigenvalue weighted by atomic mass is 10.1. The number of benzene rings is 3. The zero-order chi connectivity index (χ0) is 27.4. The molecule has 0 saturated carbocycles. The molecular weight excluding hydrogens is 515 g/mol. The van der Waals surface area contributed by atoms with E-state index in [0.717, 1.165) is 36.7 Å². The third kappa shape index (κ3) is 6.43. The second kappa shape index (κ2) is 11.6. The summed E-state index contributed by atoms with van der Waals surface area (Å²) in [5.74, 6) is -1.88. The first-order chi connectivity index (χ1) is 18.9. The van der Waals surface area contributed by atoms with Gasteiger partial charge in [0.1, 0.15) is 24.1 Å². The van der Waals surface area contributed by atoms with Gasteiger partial charge in [-0.2, -0.15) is 0 Å². The summed E-state index contributed by atoms with van der Waals surface area (Å²) in [7, 11) is 0. The molecule has 39 heavy (non-hydrogen) atoms. The van der Waals surface area contributed by atoms with Crippen LogP contribution in [0.2, 0.25) is 0 Å². The minimum absolute atomic E-state index is 0.0694. The van der Waals surface area contributed by atoms with E-state index in [2.05, 4.69) is 10.2 Å². The van der Waals surface area contributed by atoms with Crippen LogP contribution < -0.4 is 14.8 Å². The topological polar surface area (TPSA) is 80.3 Å². The monoisotopic (exact) mass is 541 g/mol. The second-order valence-corrected chi connectivity index (χ2v) is 9.23. The Kier molecular flexibility index (Phi) is 7.87. The predicted octanol–water partition coefficient (Wildman–Crippen LogP) is 4.22. The Labute approximate surface area is 222 Å². The molecule has 2 heterocycles. The summed E-state index contributed by atoms with van der Waals surface area (Å²) in [6, 6.07) is 13.8. The molecule has 0 bridgehead atoms. The maximum atomic E-state index is 13.7. The molecule has 3 aromatic rings. The fraction of sp³-hybridized carbons (Fsp3) is 0.286. The lowest BCUT2D eigenvalue weighted by molar-refractivity contribution is 0.0628. The first kappa shape index (κ1) is 26.4. The average molecular weight is 542 g/mol. The van der Waals surface area contributed by atoms with E-state index in [1.165, 1.54) is 0 Å². The third-order valence-electron chi connectivity index (χ3n) is 6.59. The van der Waals surface area contributed by atoms with Gasteiger partial charge >= 0.3 is 6.09 Å². The van der Waals surface area contributed by atoms with Crippen LogP contribution in [0.1, 0.15) is 27.0 Å². The van der Waals surface area contributed by atoms with Gasteiger partial charge in [-0.1, -0.05) is 18.2 Å². The minimum atomic E-state index is -1.13. The molecule has 0 atom stereocenters. The predicted molar refractivity (Wildman–Crippen MR) is 134 cm³/mol. The molecule has 0 aromatic heterocycles. The van der Waals surface area contributed by atoms with Gasteiger partial charge < -0.3 is 24.4 Å². The number of amides is 2.